The zero-order chi connectivity index (χ0) is 19.4. The molecule has 1 aliphatic carbocycles. The van der Waals surface area contributed by atoms with E-state index in [-0.39, 0.29) is 11.3 Å². The lowest BCUT2D eigenvalue weighted by molar-refractivity contribution is 0.0915. The van der Waals surface area contributed by atoms with Crippen LogP contribution in [0, 0.1) is 5.92 Å². The summed E-state index contributed by atoms with van der Waals surface area (Å²) in [5, 5.41) is 6.77. The van der Waals surface area contributed by atoms with Gasteiger partial charge in [-0.05, 0) is 49.3 Å². The second-order valence-electron chi connectivity index (χ2n) is 6.25. The van der Waals surface area contributed by atoms with Gasteiger partial charge in [0.05, 0.1) is 12.2 Å². The van der Waals surface area contributed by atoms with E-state index in [4.69, 9.17) is 4.74 Å². The van der Waals surface area contributed by atoms with Gasteiger partial charge in [0.1, 0.15) is 5.00 Å². The van der Waals surface area contributed by atoms with Gasteiger partial charge in [0.25, 0.3) is 11.8 Å². The summed E-state index contributed by atoms with van der Waals surface area (Å²) in [5.41, 5.74) is 1.04. The lowest BCUT2D eigenvalue weighted by Crippen LogP contribution is -2.31. The molecule has 1 aromatic heterocycles. The fourth-order valence-electron chi connectivity index (χ4n) is 2.29. The van der Waals surface area contributed by atoms with E-state index in [1.807, 2.05) is 0 Å². The number of amides is 3. The third-order valence-corrected chi connectivity index (χ3v) is 4.88. The highest BCUT2D eigenvalue weighted by Crippen LogP contribution is 2.29. The minimum Gasteiger partial charge on any atom is -0.449 e. The molecule has 1 aliphatic rings. The van der Waals surface area contributed by atoms with Crippen molar-refractivity contribution in [2.45, 2.75) is 19.8 Å². The molecule has 3 amide bonds. The van der Waals surface area contributed by atoms with E-state index in [2.05, 4.69) is 10.6 Å². The predicted octanol–water partition coefficient (Wildman–Crippen LogP) is 3.48. The molecular formula is C19H18N2O5S. The van der Waals surface area contributed by atoms with E-state index in [1.54, 1.807) is 17.5 Å². The molecule has 0 spiro atoms. The first-order valence-electron chi connectivity index (χ1n) is 8.42. The largest absolute Gasteiger partial charge is 0.449 e. The van der Waals surface area contributed by atoms with E-state index in [9.17, 15) is 19.2 Å². The van der Waals surface area contributed by atoms with Gasteiger partial charge in [-0.25, -0.2) is 4.79 Å². The Kier molecular flexibility index (Phi) is 5.66. The highest BCUT2D eigenvalue weighted by Gasteiger charge is 2.24. The van der Waals surface area contributed by atoms with Crippen molar-refractivity contribution in [3.63, 3.8) is 0 Å². The van der Waals surface area contributed by atoms with Crippen molar-refractivity contribution in [3.05, 3.63) is 52.4 Å². The van der Waals surface area contributed by atoms with Crippen LogP contribution in [-0.4, -0.2) is 30.3 Å². The van der Waals surface area contributed by atoms with Crippen LogP contribution in [-0.2, 0) is 4.74 Å². The zero-order valence-corrected chi connectivity index (χ0v) is 15.4. The summed E-state index contributed by atoms with van der Waals surface area (Å²) in [4.78, 5) is 47.6. The quantitative estimate of drug-likeness (QED) is 0.740. The summed E-state index contributed by atoms with van der Waals surface area (Å²) in [6.45, 7) is 1.75. The van der Waals surface area contributed by atoms with E-state index >= 15 is 0 Å². The minimum absolute atomic E-state index is 0.0901. The fraction of sp³-hybridized carbons (Fsp3) is 0.263. The SMILES string of the molecule is CC(=O)c1ccc(C(=O)Nc2sccc2C(=O)NC(=O)OCC2CC2)cc1. The summed E-state index contributed by atoms with van der Waals surface area (Å²) in [6.07, 6.45) is 1.28. The maximum atomic E-state index is 12.4. The minimum atomic E-state index is -0.796. The van der Waals surface area contributed by atoms with Gasteiger partial charge in [-0.15, -0.1) is 11.3 Å². The number of hydrogen-bond acceptors (Lipinski definition) is 6. The summed E-state index contributed by atoms with van der Waals surface area (Å²) in [6, 6.07) is 7.72. The van der Waals surface area contributed by atoms with Crippen molar-refractivity contribution < 1.29 is 23.9 Å². The lowest BCUT2D eigenvalue weighted by Gasteiger charge is -2.08. The third kappa shape index (κ3) is 5.01. The number of Topliss-reactive ketones (excluding diaryl/α,β-unsaturated/α-hetero) is 1. The van der Waals surface area contributed by atoms with Gasteiger partial charge in [-0.1, -0.05) is 12.1 Å². The Hall–Kier alpha value is -3.00. The van der Waals surface area contributed by atoms with Crippen LogP contribution in [0.4, 0.5) is 9.80 Å². The van der Waals surface area contributed by atoms with Crippen LogP contribution in [0.5, 0.6) is 0 Å². The van der Waals surface area contributed by atoms with Gasteiger partial charge in [-0.3, -0.25) is 19.7 Å². The van der Waals surface area contributed by atoms with Crippen LogP contribution in [0.3, 0.4) is 0 Å². The van der Waals surface area contributed by atoms with Crippen LogP contribution in [0.25, 0.3) is 0 Å². The van der Waals surface area contributed by atoms with E-state index < -0.39 is 17.9 Å². The molecule has 140 valence electrons. The molecule has 8 heteroatoms. The topological polar surface area (TPSA) is 102 Å². The molecule has 0 radical (unpaired) electrons. The van der Waals surface area contributed by atoms with Gasteiger partial charge in [-0.2, -0.15) is 0 Å². The summed E-state index contributed by atoms with van der Waals surface area (Å²) in [5.74, 6) is -0.749. The molecule has 0 bridgehead atoms. The van der Waals surface area contributed by atoms with E-state index in [0.29, 0.717) is 28.7 Å². The van der Waals surface area contributed by atoms with Gasteiger partial charge in [0.15, 0.2) is 5.78 Å². The summed E-state index contributed by atoms with van der Waals surface area (Å²) in [7, 11) is 0. The molecular weight excluding hydrogens is 368 g/mol. The number of ether oxygens (including phenoxy) is 1. The molecule has 1 fully saturated rings. The van der Waals surface area contributed by atoms with Crippen LogP contribution < -0.4 is 10.6 Å². The van der Waals surface area contributed by atoms with Crippen molar-refractivity contribution in [3.8, 4) is 0 Å². The molecule has 0 unspecified atom stereocenters. The first-order valence-corrected chi connectivity index (χ1v) is 9.30. The average Bonchev–Trinajstić information content (AvgIpc) is 3.37. The highest BCUT2D eigenvalue weighted by atomic mass is 32.1. The van der Waals surface area contributed by atoms with Crippen LogP contribution in [0.2, 0.25) is 0 Å². The molecule has 2 aromatic rings. The Labute approximate surface area is 159 Å². The summed E-state index contributed by atoms with van der Waals surface area (Å²) < 4.78 is 4.97. The molecule has 7 nitrogen and oxygen atoms in total. The van der Waals surface area contributed by atoms with Gasteiger partial charge in [0, 0.05) is 11.1 Å². The van der Waals surface area contributed by atoms with Crippen molar-refractivity contribution in [2.75, 3.05) is 11.9 Å². The number of carbonyl (C=O) groups excluding carboxylic acids is 4. The van der Waals surface area contributed by atoms with Crippen LogP contribution in [0.1, 0.15) is 50.8 Å². The Morgan fingerprint density at radius 1 is 1.04 bits per heavy atom. The molecule has 27 heavy (non-hydrogen) atoms. The van der Waals surface area contributed by atoms with Gasteiger partial charge >= 0.3 is 6.09 Å². The number of nitrogens with one attached hydrogen (secondary N) is 2. The fourth-order valence-corrected chi connectivity index (χ4v) is 3.07. The Balaban J connectivity index is 1.61. The van der Waals surface area contributed by atoms with E-state index in [0.717, 1.165) is 12.8 Å². The molecule has 1 saturated carbocycles. The molecule has 1 aromatic carbocycles. The van der Waals surface area contributed by atoms with Gasteiger partial charge in [0.2, 0.25) is 0 Å². The monoisotopic (exact) mass is 386 g/mol. The number of alkyl carbamates (subject to hydrolysis) is 1. The number of benzene rings is 1. The zero-order valence-electron chi connectivity index (χ0n) is 14.6. The van der Waals surface area contributed by atoms with Crippen LogP contribution in [0.15, 0.2) is 35.7 Å². The number of imide groups is 1. The first kappa shape index (κ1) is 18.8. The van der Waals surface area contributed by atoms with Crippen molar-refractivity contribution in [1.29, 1.82) is 0 Å². The number of thiophene rings is 1. The van der Waals surface area contributed by atoms with Crippen molar-refractivity contribution in [2.24, 2.45) is 5.92 Å². The second-order valence-corrected chi connectivity index (χ2v) is 7.16. The molecule has 0 saturated heterocycles. The van der Waals surface area contributed by atoms with Crippen molar-refractivity contribution >= 4 is 40.0 Å². The first-order chi connectivity index (χ1) is 12.9. The Morgan fingerprint density at radius 3 is 2.33 bits per heavy atom. The molecule has 0 atom stereocenters. The molecule has 2 N–H and O–H groups in total. The maximum absolute atomic E-state index is 12.4. The van der Waals surface area contributed by atoms with Crippen molar-refractivity contribution in [1.82, 2.24) is 5.32 Å². The standard InChI is InChI=1S/C19H18N2O5S/c1-11(22)13-4-6-14(7-5-13)16(23)20-18-15(8-9-27-18)17(24)21-19(25)26-10-12-2-3-12/h4-9,12H,2-3,10H2,1H3,(H,20,23)(H,21,24,25). The average molecular weight is 386 g/mol. The highest BCUT2D eigenvalue weighted by molar-refractivity contribution is 7.14. The normalized spacial score (nSPS) is 12.9. The number of ketones is 1. The Morgan fingerprint density at radius 2 is 1.70 bits per heavy atom. The maximum Gasteiger partial charge on any atom is 0.414 e. The smallest absolute Gasteiger partial charge is 0.414 e. The second kappa shape index (κ2) is 8.13. The van der Waals surface area contributed by atoms with E-state index in [1.165, 1.54) is 36.5 Å². The third-order valence-electron chi connectivity index (χ3n) is 4.05. The molecule has 0 aliphatic heterocycles. The van der Waals surface area contributed by atoms with Gasteiger partial charge < -0.3 is 10.1 Å². The molecule has 1 heterocycles. The number of carbonyl (C=O) groups is 4. The Bertz CT molecular complexity index is 884. The number of rotatable bonds is 6. The number of anilines is 1. The number of hydrogen-bond donors (Lipinski definition) is 2. The van der Waals surface area contributed by atoms with Crippen LogP contribution >= 0.6 is 11.3 Å². The predicted molar refractivity (Wildman–Crippen MR) is 100 cm³/mol. The lowest BCUT2D eigenvalue weighted by atomic mass is 10.1. The molecule has 3 rings (SSSR count). The summed E-state index contributed by atoms with van der Waals surface area (Å²) >= 11 is 1.17.